The lowest BCUT2D eigenvalue weighted by Gasteiger charge is -2.22. The third-order valence-electron chi connectivity index (χ3n) is 3.45. The monoisotopic (exact) mass is 277 g/mol. The highest BCUT2D eigenvalue weighted by Gasteiger charge is 2.35. The number of nitrogens with zero attached hydrogens (tertiary/aromatic N) is 2. The Hall–Kier alpha value is -2.11. The molecule has 2 rings (SSSR count). The van der Waals surface area contributed by atoms with Gasteiger partial charge in [-0.3, -0.25) is 14.9 Å². The number of nitrogen functional groups attached to an aromatic ring is 1. The molecule has 1 amide bonds. The van der Waals surface area contributed by atoms with Gasteiger partial charge in [-0.2, -0.15) is 0 Å². The van der Waals surface area contributed by atoms with Crippen molar-refractivity contribution < 1.29 is 9.72 Å². The topological polar surface area (TPSA) is 89.5 Å². The van der Waals surface area contributed by atoms with E-state index in [1.54, 1.807) is 4.90 Å². The molecule has 1 fully saturated rings. The lowest BCUT2D eigenvalue weighted by molar-refractivity contribution is -0.385. The molecule has 0 spiro atoms. The fourth-order valence-electron chi connectivity index (χ4n) is 2.20. The third kappa shape index (κ3) is 3.07. The highest BCUT2D eigenvalue weighted by atomic mass is 16.6. The molecule has 0 saturated heterocycles. The maximum absolute atomic E-state index is 12.6. The van der Waals surface area contributed by atoms with E-state index in [9.17, 15) is 14.9 Å². The van der Waals surface area contributed by atoms with E-state index >= 15 is 0 Å². The van der Waals surface area contributed by atoms with Crippen LogP contribution in [0.4, 0.5) is 11.4 Å². The molecule has 0 atom stereocenters. The van der Waals surface area contributed by atoms with Crippen molar-refractivity contribution in [1.82, 2.24) is 4.90 Å². The summed E-state index contributed by atoms with van der Waals surface area (Å²) in [4.78, 5) is 24.9. The Morgan fingerprint density at radius 3 is 2.75 bits per heavy atom. The van der Waals surface area contributed by atoms with E-state index in [1.807, 2.05) is 0 Å². The number of anilines is 1. The van der Waals surface area contributed by atoms with Crippen molar-refractivity contribution in [2.45, 2.75) is 38.6 Å². The van der Waals surface area contributed by atoms with Crippen molar-refractivity contribution in [3.8, 4) is 0 Å². The van der Waals surface area contributed by atoms with Crippen LogP contribution in [-0.2, 0) is 0 Å². The normalized spacial score (nSPS) is 14.1. The predicted molar refractivity (Wildman–Crippen MR) is 76.5 cm³/mol. The quantitative estimate of drug-likeness (QED) is 0.491. The van der Waals surface area contributed by atoms with Crippen LogP contribution < -0.4 is 5.73 Å². The van der Waals surface area contributed by atoms with Gasteiger partial charge in [0, 0.05) is 24.3 Å². The molecule has 1 aliphatic rings. The number of hydrogen-bond acceptors (Lipinski definition) is 4. The van der Waals surface area contributed by atoms with E-state index in [2.05, 4.69) is 6.92 Å². The van der Waals surface area contributed by atoms with Crippen LogP contribution in [0.5, 0.6) is 0 Å². The maximum atomic E-state index is 12.6. The Morgan fingerprint density at radius 2 is 2.20 bits per heavy atom. The summed E-state index contributed by atoms with van der Waals surface area (Å²) in [6.45, 7) is 2.70. The summed E-state index contributed by atoms with van der Waals surface area (Å²) < 4.78 is 0. The Labute approximate surface area is 117 Å². The van der Waals surface area contributed by atoms with Crippen LogP contribution in [-0.4, -0.2) is 28.3 Å². The summed E-state index contributed by atoms with van der Waals surface area (Å²) in [7, 11) is 0. The smallest absolute Gasteiger partial charge is 0.282 e. The van der Waals surface area contributed by atoms with Gasteiger partial charge in [0.2, 0.25) is 0 Å². The standard InChI is InChI=1S/C14H19N3O3/c1-2-3-8-16(11-5-6-11)14(18)12-9-10(15)4-7-13(12)17(19)20/h4,7,9,11H,2-3,5-6,8,15H2,1H3. The number of nitrogens with two attached hydrogens (primary N) is 1. The van der Waals surface area contributed by atoms with Gasteiger partial charge < -0.3 is 10.6 Å². The number of hydrogen-bond donors (Lipinski definition) is 1. The highest BCUT2D eigenvalue weighted by Crippen LogP contribution is 2.31. The zero-order valence-corrected chi connectivity index (χ0v) is 11.5. The number of rotatable bonds is 6. The van der Waals surface area contributed by atoms with Crippen LogP contribution in [0.25, 0.3) is 0 Å². The zero-order chi connectivity index (χ0) is 14.7. The third-order valence-corrected chi connectivity index (χ3v) is 3.45. The van der Waals surface area contributed by atoms with Gasteiger partial charge >= 0.3 is 0 Å². The first-order valence-corrected chi connectivity index (χ1v) is 6.89. The van der Waals surface area contributed by atoms with Crippen molar-refractivity contribution in [3.63, 3.8) is 0 Å². The van der Waals surface area contributed by atoms with Gasteiger partial charge in [-0.15, -0.1) is 0 Å². The molecular weight excluding hydrogens is 258 g/mol. The van der Waals surface area contributed by atoms with E-state index in [0.29, 0.717) is 12.2 Å². The first-order chi connectivity index (χ1) is 9.54. The summed E-state index contributed by atoms with van der Waals surface area (Å²) in [6, 6.07) is 4.38. The summed E-state index contributed by atoms with van der Waals surface area (Å²) in [5, 5.41) is 11.1. The summed E-state index contributed by atoms with van der Waals surface area (Å²) in [5.74, 6) is -0.278. The molecule has 6 heteroatoms. The molecule has 108 valence electrons. The number of benzene rings is 1. The Balaban J connectivity index is 2.30. The molecule has 0 aliphatic heterocycles. The van der Waals surface area contributed by atoms with Gasteiger partial charge in [-0.25, -0.2) is 0 Å². The molecule has 1 aromatic carbocycles. The molecule has 6 nitrogen and oxygen atoms in total. The van der Waals surface area contributed by atoms with Crippen LogP contribution in [0.2, 0.25) is 0 Å². The van der Waals surface area contributed by atoms with Crippen molar-refractivity contribution in [3.05, 3.63) is 33.9 Å². The minimum absolute atomic E-state index is 0.0954. The number of carbonyl (C=O) groups excluding carboxylic acids is 1. The maximum Gasteiger partial charge on any atom is 0.282 e. The van der Waals surface area contributed by atoms with Gasteiger partial charge in [-0.05, 0) is 31.4 Å². The molecule has 0 aromatic heterocycles. The Kier molecular flexibility index (Phi) is 4.22. The lowest BCUT2D eigenvalue weighted by atomic mass is 10.1. The fourth-order valence-corrected chi connectivity index (χ4v) is 2.20. The first-order valence-electron chi connectivity index (χ1n) is 6.89. The SMILES string of the molecule is CCCCN(C(=O)c1cc(N)ccc1[N+](=O)[O-])C1CC1. The van der Waals surface area contributed by atoms with Crippen molar-refractivity contribution in [2.75, 3.05) is 12.3 Å². The molecule has 1 saturated carbocycles. The van der Waals surface area contributed by atoms with Crippen molar-refractivity contribution in [2.24, 2.45) is 0 Å². The van der Waals surface area contributed by atoms with Crippen LogP contribution in [0.1, 0.15) is 43.0 Å². The summed E-state index contributed by atoms with van der Waals surface area (Å²) in [5.41, 5.74) is 5.95. The number of unbranched alkanes of at least 4 members (excludes halogenated alkanes) is 1. The summed E-state index contributed by atoms with van der Waals surface area (Å²) in [6.07, 6.45) is 3.84. The van der Waals surface area contributed by atoms with E-state index in [4.69, 9.17) is 5.73 Å². The second-order valence-electron chi connectivity index (χ2n) is 5.12. The molecule has 0 radical (unpaired) electrons. The van der Waals surface area contributed by atoms with Gasteiger partial charge in [-0.1, -0.05) is 13.3 Å². The predicted octanol–water partition coefficient (Wildman–Crippen LogP) is 2.58. The van der Waals surface area contributed by atoms with Crippen molar-refractivity contribution in [1.29, 1.82) is 0 Å². The second kappa shape index (κ2) is 5.90. The van der Waals surface area contributed by atoms with Gasteiger partial charge in [0.1, 0.15) is 5.56 Å². The van der Waals surface area contributed by atoms with Gasteiger partial charge in [0.05, 0.1) is 4.92 Å². The molecule has 2 N–H and O–H groups in total. The van der Waals surface area contributed by atoms with E-state index < -0.39 is 4.92 Å². The summed E-state index contributed by atoms with van der Waals surface area (Å²) >= 11 is 0. The molecule has 0 heterocycles. The van der Waals surface area contributed by atoms with Crippen LogP contribution >= 0.6 is 0 Å². The number of nitro groups is 1. The van der Waals surface area contributed by atoms with E-state index in [0.717, 1.165) is 25.7 Å². The Morgan fingerprint density at radius 1 is 1.50 bits per heavy atom. The minimum Gasteiger partial charge on any atom is -0.399 e. The molecule has 1 aromatic rings. The molecule has 20 heavy (non-hydrogen) atoms. The average Bonchev–Trinajstić information content (AvgIpc) is 3.23. The van der Waals surface area contributed by atoms with E-state index in [1.165, 1.54) is 18.2 Å². The van der Waals surface area contributed by atoms with Gasteiger partial charge in [0.15, 0.2) is 0 Å². The highest BCUT2D eigenvalue weighted by molar-refractivity contribution is 5.99. The zero-order valence-electron chi connectivity index (χ0n) is 11.5. The van der Waals surface area contributed by atoms with Crippen LogP contribution in [0, 0.1) is 10.1 Å². The number of nitro benzene ring substituents is 1. The largest absolute Gasteiger partial charge is 0.399 e. The lowest BCUT2D eigenvalue weighted by Crippen LogP contribution is -2.34. The fraction of sp³-hybridized carbons (Fsp3) is 0.500. The minimum atomic E-state index is -0.530. The van der Waals surface area contributed by atoms with Crippen molar-refractivity contribution >= 4 is 17.3 Å². The average molecular weight is 277 g/mol. The van der Waals surface area contributed by atoms with Crippen LogP contribution in [0.15, 0.2) is 18.2 Å². The number of amides is 1. The first kappa shape index (κ1) is 14.3. The second-order valence-corrected chi connectivity index (χ2v) is 5.12. The molecule has 1 aliphatic carbocycles. The molecule has 0 unspecified atom stereocenters. The van der Waals surface area contributed by atoms with Gasteiger partial charge in [0.25, 0.3) is 11.6 Å². The molecular formula is C14H19N3O3. The van der Waals surface area contributed by atoms with Crippen LogP contribution in [0.3, 0.4) is 0 Å². The number of carbonyl (C=O) groups is 1. The van der Waals surface area contributed by atoms with E-state index in [-0.39, 0.29) is 23.2 Å². The molecule has 0 bridgehead atoms. The Bertz CT molecular complexity index is 526.